The zero-order chi connectivity index (χ0) is 25.9. The molecule has 2 bridgehead atoms. The van der Waals surface area contributed by atoms with Crippen molar-refractivity contribution in [2.45, 2.75) is 24.9 Å². The van der Waals surface area contributed by atoms with E-state index in [2.05, 4.69) is 17.4 Å². The molecule has 3 aromatic rings. The molecule has 3 fully saturated rings. The number of alkyl halides is 3. The summed E-state index contributed by atoms with van der Waals surface area (Å²) in [5, 5.41) is 2.31. The second-order valence-corrected chi connectivity index (χ2v) is 10.0. The third-order valence-corrected chi connectivity index (χ3v) is 8.09. The second-order valence-electron chi connectivity index (χ2n) is 10.0. The summed E-state index contributed by atoms with van der Waals surface area (Å²) in [5.74, 6) is -1.59. The number of hydrogen-bond donors (Lipinski definition) is 1. The van der Waals surface area contributed by atoms with Gasteiger partial charge in [0.1, 0.15) is 0 Å². The lowest BCUT2D eigenvalue weighted by atomic mass is 9.73. The van der Waals surface area contributed by atoms with E-state index >= 15 is 0 Å². The Kier molecular flexibility index (Phi) is 5.44. The average molecular weight is 505 g/mol. The number of fused-ring (bicyclic) bond motifs is 5. The first-order valence-corrected chi connectivity index (χ1v) is 12.2. The van der Waals surface area contributed by atoms with Gasteiger partial charge in [-0.25, -0.2) is 0 Å². The Morgan fingerprint density at radius 1 is 0.838 bits per heavy atom. The van der Waals surface area contributed by atoms with Gasteiger partial charge in [-0.15, -0.1) is 0 Å². The number of para-hydroxylation sites is 1. The number of anilines is 2. The third-order valence-electron chi connectivity index (χ3n) is 8.09. The number of benzene rings is 3. The van der Waals surface area contributed by atoms with Gasteiger partial charge in [0.2, 0.25) is 11.8 Å². The van der Waals surface area contributed by atoms with Crippen molar-refractivity contribution in [3.8, 4) is 0 Å². The lowest BCUT2D eigenvalue weighted by Gasteiger charge is -2.28. The Bertz CT molecular complexity index is 1400. The summed E-state index contributed by atoms with van der Waals surface area (Å²) >= 11 is 0. The number of hydrogen-bond acceptors (Lipinski definition) is 3. The summed E-state index contributed by atoms with van der Waals surface area (Å²) < 4.78 is 40.0. The summed E-state index contributed by atoms with van der Waals surface area (Å²) in [5.41, 5.74) is 0.177. The smallest absolute Gasteiger partial charge is 0.321 e. The number of imide groups is 1. The molecule has 8 heteroatoms. The van der Waals surface area contributed by atoms with Crippen molar-refractivity contribution >= 4 is 29.1 Å². The van der Waals surface area contributed by atoms with Crippen LogP contribution >= 0.6 is 0 Å². The summed E-state index contributed by atoms with van der Waals surface area (Å²) in [4.78, 5) is 41.0. The second kappa shape index (κ2) is 8.57. The molecular weight excluding hydrogens is 481 g/mol. The summed E-state index contributed by atoms with van der Waals surface area (Å²) in [6, 6.07) is 20.7. The molecule has 0 unspecified atom stereocenters. The fraction of sp³-hybridized carbons (Fsp3) is 0.276. The highest BCUT2D eigenvalue weighted by molar-refractivity contribution is 6.23. The maximum absolute atomic E-state index is 13.6. The summed E-state index contributed by atoms with van der Waals surface area (Å²) in [6.07, 6.45) is -2.92. The van der Waals surface area contributed by atoms with E-state index in [1.54, 1.807) is 6.07 Å². The van der Waals surface area contributed by atoms with Gasteiger partial charge in [-0.2, -0.15) is 13.2 Å². The van der Waals surface area contributed by atoms with Gasteiger partial charge in [0.25, 0.3) is 5.91 Å². The zero-order valence-electron chi connectivity index (χ0n) is 19.6. The van der Waals surface area contributed by atoms with Crippen molar-refractivity contribution in [1.82, 2.24) is 0 Å². The fourth-order valence-electron chi connectivity index (χ4n) is 6.62. The van der Waals surface area contributed by atoms with Crippen LogP contribution in [0.5, 0.6) is 0 Å². The zero-order valence-corrected chi connectivity index (χ0v) is 19.6. The summed E-state index contributed by atoms with van der Waals surface area (Å²) in [6.45, 7) is 0. The van der Waals surface area contributed by atoms with E-state index in [0.717, 1.165) is 18.9 Å². The molecule has 1 saturated heterocycles. The van der Waals surface area contributed by atoms with Crippen molar-refractivity contribution in [2.75, 3.05) is 10.2 Å². The highest BCUT2D eigenvalue weighted by Crippen LogP contribution is 2.61. The Morgan fingerprint density at radius 3 is 2.30 bits per heavy atom. The summed E-state index contributed by atoms with van der Waals surface area (Å²) in [7, 11) is 0. The molecule has 0 spiro atoms. The number of nitrogens with zero attached hydrogens (tertiary/aromatic N) is 1. The maximum atomic E-state index is 13.6. The van der Waals surface area contributed by atoms with Crippen LogP contribution in [0.25, 0.3) is 0 Å². The molecule has 37 heavy (non-hydrogen) atoms. The first kappa shape index (κ1) is 23.5. The van der Waals surface area contributed by atoms with Gasteiger partial charge in [-0.05, 0) is 66.5 Å². The monoisotopic (exact) mass is 504 g/mol. The Morgan fingerprint density at radius 2 is 1.54 bits per heavy atom. The van der Waals surface area contributed by atoms with E-state index in [9.17, 15) is 27.6 Å². The number of halogens is 3. The van der Waals surface area contributed by atoms with Gasteiger partial charge in [-0.3, -0.25) is 19.3 Å². The van der Waals surface area contributed by atoms with Gasteiger partial charge in [0.15, 0.2) is 0 Å². The Balaban J connectivity index is 1.25. The minimum atomic E-state index is -4.63. The van der Waals surface area contributed by atoms with Crippen LogP contribution in [0.1, 0.15) is 40.2 Å². The number of carbonyl (C=O) groups is 3. The normalized spacial score (nSPS) is 26.5. The van der Waals surface area contributed by atoms with E-state index in [1.165, 1.54) is 46.9 Å². The van der Waals surface area contributed by atoms with Crippen LogP contribution < -0.4 is 10.2 Å². The molecule has 6 rings (SSSR count). The fourth-order valence-corrected chi connectivity index (χ4v) is 6.62. The minimum absolute atomic E-state index is 0.0530. The van der Waals surface area contributed by atoms with Crippen LogP contribution in [0.2, 0.25) is 0 Å². The van der Waals surface area contributed by atoms with Crippen LogP contribution in [0.3, 0.4) is 0 Å². The van der Waals surface area contributed by atoms with Crippen LogP contribution in [0.4, 0.5) is 24.5 Å². The first-order chi connectivity index (χ1) is 17.7. The first-order valence-electron chi connectivity index (χ1n) is 12.2. The van der Waals surface area contributed by atoms with Gasteiger partial charge in [0.05, 0.1) is 28.8 Å². The predicted molar refractivity (Wildman–Crippen MR) is 131 cm³/mol. The van der Waals surface area contributed by atoms with E-state index < -0.39 is 23.6 Å². The van der Waals surface area contributed by atoms with Crippen LogP contribution in [-0.2, 0) is 15.8 Å². The van der Waals surface area contributed by atoms with Crippen LogP contribution in [0.15, 0.2) is 78.9 Å². The molecular formula is C29H23F3N2O3. The van der Waals surface area contributed by atoms with Crippen molar-refractivity contribution < 1.29 is 27.6 Å². The Hall–Kier alpha value is -3.94. The van der Waals surface area contributed by atoms with Crippen LogP contribution in [-0.4, -0.2) is 17.7 Å². The topological polar surface area (TPSA) is 66.5 Å². The molecule has 5 atom stereocenters. The van der Waals surface area contributed by atoms with E-state index in [1.807, 2.05) is 18.2 Å². The number of amides is 3. The molecule has 3 aliphatic rings. The molecule has 1 heterocycles. The van der Waals surface area contributed by atoms with E-state index in [4.69, 9.17) is 0 Å². The third kappa shape index (κ3) is 3.82. The molecule has 0 radical (unpaired) electrons. The Labute approximate surface area is 211 Å². The largest absolute Gasteiger partial charge is 0.418 e. The molecule has 0 aromatic heterocycles. The highest BCUT2D eigenvalue weighted by Gasteiger charge is 2.64. The van der Waals surface area contributed by atoms with Crippen molar-refractivity contribution in [3.63, 3.8) is 0 Å². The number of nitrogens with one attached hydrogen (secondary N) is 1. The molecule has 2 aliphatic carbocycles. The molecule has 1 N–H and O–H groups in total. The molecule has 5 nitrogen and oxygen atoms in total. The number of carbonyl (C=O) groups excluding carboxylic acids is 3. The number of rotatable bonds is 4. The maximum Gasteiger partial charge on any atom is 0.418 e. The lowest BCUT2D eigenvalue weighted by molar-refractivity contribution is -0.137. The van der Waals surface area contributed by atoms with Crippen molar-refractivity contribution in [3.05, 3.63) is 95.6 Å². The molecule has 1 aliphatic heterocycles. The minimum Gasteiger partial charge on any atom is -0.321 e. The molecule has 2 saturated carbocycles. The van der Waals surface area contributed by atoms with Gasteiger partial charge < -0.3 is 5.32 Å². The average Bonchev–Trinajstić information content (AvgIpc) is 3.55. The highest BCUT2D eigenvalue weighted by atomic mass is 19.4. The van der Waals surface area contributed by atoms with Gasteiger partial charge in [-0.1, -0.05) is 48.5 Å². The van der Waals surface area contributed by atoms with Crippen molar-refractivity contribution in [2.24, 2.45) is 23.7 Å². The van der Waals surface area contributed by atoms with Gasteiger partial charge in [0, 0.05) is 5.56 Å². The standard InChI is InChI=1S/C29H23F3N2O3/c30-29(31,32)22-11-4-5-12-23(22)33-26(35)17-9-6-10-19(13-17)34-27(36)24-18-14-20(16-7-2-1-3-8-16)21(15-18)25(24)28(34)37/h1-13,18,20-21,24-25H,14-15H2,(H,33,35)/t18-,20-,21+,24+,25-/m0/s1. The quantitative estimate of drug-likeness (QED) is 0.451. The van der Waals surface area contributed by atoms with E-state index in [-0.39, 0.29) is 52.4 Å². The lowest BCUT2D eigenvalue weighted by Crippen LogP contribution is -2.33. The van der Waals surface area contributed by atoms with Gasteiger partial charge >= 0.3 is 6.18 Å². The molecule has 188 valence electrons. The molecule has 3 amide bonds. The van der Waals surface area contributed by atoms with E-state index in [0.29, 0.717) is 0 Å². The predicted octanol–water partition coefficient (Wildman–Crippen LogP) is 5.89. The molecule has 3 aromatic carbocycles. The van der Waals surface area contributed by atoms with Crippen molar-refractivity contribution in [1.29, 1.82) is 0 Å². The SMILES string of the molecule is O=C(Nc1ccccc1C(F)(F)F)c1cccc(N2C(=O)[C@@H]3[C@@H]4C[C@@H]([C@@H]3C2=O)[C@H](c2ccccc2)C4)c1. The van der Waals surface area contributed by atoms with Crippen LogP contribution in [0, 0.1) is 23.7 Å².